The van der Waals surface area contributed by atoms with Crippen molar-refractivity contribution in [2.45, 2.75) is 6.10 Å². The molecule has 1 aliphatic rings. The number of hydrogen-bond donors (Lipinski definition) is 0. The number of ether oxygens (including phenoxy) is 7. The summed E-state index contributed by atoms with van der Waals surface area (Å²) >= 11 is 0. The number of cyclic esters (lactones) is 1. The fraction of sp³-hybridized carbons (Fsp3) is 0.350. The van der Waals surface area contributed by atoms with Crippen LogP contribution in [0.15, 0.2) is 18.2 Å². The summed E-state index contributed by atoms with van der Waals surface area (Å²) in [6.45, 7) is 0. The molecule has 0 spiro atoms. The lowest BCUT2D eigenvalue weighted by Crippen LogP contribution is -2.05. The summed E-state index contributed by atoms with van der Waals surface area (Å²) in [6, 6.07) is 5.03. The topological polar surface area (TPSA) is 81.7 Å². The molecule has 150 valence electrons. The maximum Gasteiger partial charge on any atom is 0.339 e. The molecule has 1 aliphatic heterocycles. The van der Waals surface area contributed by atoms with Gasteiger partial charge in [-0.2, -0.15) is 0 Å². The van der Waals surface area contributed by atoms with Crippen LogP contribution in [-0.4, -0.2) is 48.6 Å². The first-order chi connectivity index (χ1) is 13.5. The van der Waals surface area contributed by atoms with Crippen molar-refractivity contribution >= 4 is 5.97 Å². The molecule has 0 saturated heterocycles. The minimum atomic E-state index is -0.744. The van der Waals surface area contributed by atoms with Gasteiger partial charge in [-0.25, -0.2) is 4.79 Å². The van der Waals surface area contributed by atoms with E-state index < -0.39 is 12.1 Å². The Bertz CT molecular complexity index is 881. The van der Waals surface area contributed by atoms with Crippen LogP contribution in [0, 0.1) is 0 Å². The Labute approximate surface area is 162 Å². The van der Waals surface area contributed by atoms with Gasteiger partial charge < -0.3 is 33.2 Å². The minimum Gasteiger partial charge on any atom is -0.493 e. The monoisotopic (exact) mass is 390 g/mol. The molecule has 8 heteroatoms. The summed E-state index contributed by atoms with van der Waals surface area (Å²) in [5.74, 6) is 1.95. The average molecular weight is 390 g/mol. The highest BCUT2D eigenvalue weighted by Gasteiger charge is 2.39. The van der Waals surface area contributed by atoms with Gasteiger partial charge in [0.15, 0.2) is 29.1 Å². The van der Waals surface area contributed by atoms with Gasteiger partial charge >= 0.3 is 5.97 Å². The quantitative estimate of drug-likeness (QED) is 0.668. The Balaban J connectivity index is 2.25. The van der Waals surface area contributed by atoms with Crippen LogP contribution in [0.4, 0.5) is 0 Å². The second-order valence-corrected chi connectivity index (χ2v) is 5.85. The highest BCUT2D eigenvalue weighted by molar-refractivity contribution is 5.97. The largest absolute Gasteiger partial charge is 0.493 e. The fourth-order valence-corrected chi connectivity index (χ4v) is 3.32. The first-order valence-corrected chi connectivity index (χ1v) is 8.38. The second kappa shape index (κ2) is 7.75. The molecule has 0 aromatic heterocycles. The number of carbonyl (C=O) groups excluding carboxylic acids is 1. The lowest BCUT2D eigenvalue weighted by Gasteiger charge is -2.20. The van der Waals surface area contributed by atoms with Crippen LogP contribution in [0.25, 0.3) is 0 Å². The van der Waals surface area contributed by atoms with Gasteiger partial charge in [-0.3, -0.25) is 0 Å². The molecule has 0 amide bonds. The second-order valence-electron chi connectivity index (χ2n) is 5.85. The first kappa shape index (κ1) is 19.5. The average Bonchev–Trinajstić information content (AvgIpc) is 3.07. The van der Waals surface area contributed by atoms with Gasteiger partial charge in [-0.05, 0) is 18.2 Å². The zero-order chi connectivity index (χ0) is 20.4. The van der Waals surface area contributed by atoms with E-state index in [2.05, 4.69) is 0 Å². The van der Waals surface area contributed by atoms with Crippen molar-refractivity contribution in [3.63, 3.8) is 0 Å². The van der Waals surface area contributed by atoms with Crippen LogP contribution in [0.1, 0.15) is 27.6 Å². The number of esters is 1. The molecule has 1 atom stereocenters. The minimum absolute atomic E-state index is 0.341. The van der Waals surface area contributed by atoms with E-state index in [1.807, 2.05) is 0 Å². The van der Waals surface area contributed by atoms with Gasteiger partial charge in [-0.15, -0.1) is 0 Å². The molecule has 8 nitrogen and oxygen atoms in total. The van der Waals surface area contributed by atoms with E-state index >= 15 is 0 Å². The molecule has 28 heavy (non-hydrogen) atoms. The van der Waals surface area contributed by atoms with Crippen LogP contribution in [0.2, 0.25) is 0 Å². The molecule has 1 unspecified atom stereocenters. The highest BCUT2D eigenvalue weighted by atomic mass is 16.6. The third kappa shape index (κ3) is 2.90. The van der Waals surface area contributed by atoms with Gasteiger partial charge in [0.25, 0.3) is 0 Å². The van der Waals surface area contributed by atoms with Crippen molar-refractivity contribution in [2.24, 2.45) is 0 Å². The Morgan fingerprint density at radius 1 is 0.679 bits per heavy atom. The van der Waals surface area contributed by atoms with Crippen LogP contribution in [-0.2, 0) is 4.74 Å². The first-order valence-electron chi connectivity index (χ1n) is 8.38. The third-order valence-corrected chi connectivity index (χ3v) is 4.57. The Morgan fingerprint density at radius 3 is 1.64 bits per heavy atom. The lowest BCUT2D eigenvalue weighted by molar-refractivity contribution is 0.0453. The molecule has 1 heterocycles. The predicted octanol–water partition coefficient (Wildman–Crippen LogP) is 3.00. The van der Waals surface area contributed by atoms with Crippen molar-refractivity contribution in [2.75, 3.05) is 42.7 Å². The van der Waals surface area contributed by atoms with Crippen LogP contribution in [0.5, 0.6) is 34.5 Å². The molecular formula is C20H22O8. The van der Waals surface area contributed by atoms with Crippen LogP contribution < -0.4 is 28.4 Å². The summed E-state index contributed by atoms with van der Waals surface area (Å²) in [4.78, 5) is 12.6. The molecule has 0 radical (unpaired) electrons. The zero-order valence-corrected chi connectivity index (χ0v) is 16.6. The molecule has 0 aliphatic carbocycles. The number of rotatable bonds is 7. The number of hydrogen-bond acceptors (Lipinski definition) is 8. The lowest BCUT2D eigenvalue weighted by atomic mass is 9.96. The summed E-state index contributed by atoms with van der Waals surface area (Å²) in [5, 5.41) is 0. The molecule has 0 N–H and O–H groups in total. The highest BCUT2D eigenvalue weighted by Crippen LogP contribution is 2.51. The van der Waals surface area contributed by atoms with E-state index in [0.29, 0.717) is 51.2 Å². The maximum atomic E-state index is 12.6. The number of carbonyl (C=O) groups is 1. The van der Waals surface area contributed by atoms with Gasteiger partial charge in [0, 0.05) is 5.56 Å². The van der Waals surface area contributed by atoms with Crippen molar-refractivity contribution in [3.05, 3.63) is 34.9 Å². The standard InChI is InChI=1S/C20H22O8/c1-22-12-7-10(8-13(23-2)17(12)25-4)16-15-11(20(21)28-16)9-14(24-3)18(26-5)19(15)27-6/h7-9,16H,1-6H3. The van der Waals surface area contributed by atoms with E-state index in [-0.39, 0.29) is 0 Å². The van der Waals surface area contributed by atoms with Crippen LogP contribution >= 0.6 is 0 Å². The molecule has 0 bridgehead atoms. The van der Waals surface area contributed by atoms with E-state index in [0.717, 1.165) is 0 Å². The molecular weight excluding hydrogens is 368 g/mol. The normalized spacial score (nSPS) is 14.8. The summed E-state index contributed by atoms with van der Waals surface area (Å²) in [5.41, 5.74) is 1.51. The maximum absolute atomic E-state index is 12.6. The van der Waals surface area contributed by atoms with Crippen molar-refractivity contribution in [1.82, 2.24) is 0 Å². The SMILES string of the molecule is COc1cc(C2OC(=O)c3cc(OC)c(OC)c(OC)c32)cc(OC)c1OC. The molecule has 0 fully saturated rings. The molecule has 3 rings (SSSR count). The van der Waals surface area contributed by atoms with E-state index in [9.17, 15) is 4.79 Å². The number of methoxy groups -OCH3 is 6. The van der Waals surface area contributed by atoms with Crippen LogP contribution in [0.3, 0.4) is 0 Å². The summed E-state index contributed by atoms with van der Waals surface area (Å²) < 4.78 is 38.2. The van der Waals surface area contributed by atoms with Crippen molar-refractivity contribution < 1.29 is 38.0 Å². The smallest absolute Gasteiger partial charge is 0.339 e. The van der Waals surface area contributed by atoms with Gasteiger partial charge in [0.2, 0.25) is 11.5 Å². The summed E-state index contributed by atoms with van der Waals surface area (Å²) in [7, 11) is 9.03. The van der Waals surface area contributed by atoms with Crippen molar-refractivity contribution in [1.29, 1.82) is 0 Å². The predicted molar refractivity (Wildman–Crippen MR) is 99.5 cm³/mol. The van der Waals surface area contributed by atoms with Gasteiger partial charge in [0.05, 0.1) is 53.8 Å². The molecule has 2 aromatic carbocycles. The van der Waals surface area contributed by atoms with E-state index in [4.69, 9.17) is 33.2 Å². The zero-order valence-electron chi connectivity index (χ0n) is 16.6. The number of fused-ring (bicyclic) bond motifs is 1. The summed E-state index contributed by atoms with van der Waals surface area (Å²) in [6.07, 6.45) is -0.744. The van der Waals surface area contributed by atoms with E-state index in [1.54, 1.807) is 18.2 Å². The Morgan fingerprint density at radius 2 is 1.18 bits per heavy atom. The van der Waals surface area contributed by atoms with Gasteiger partial charge in [-0.1, -0.05) is 0 Å². The van der Waals surface area contributed by atoms with Crippen molar-refractivity contribution in [3.8, 4) is 34.5 Å². The Hall–Kier alpha value is -3.29. The molecule has 0 saturated carbocycles. The Kier molecular flexibility index (Phi) is 5.39. The third-order valence-electron chi connectivity index (χ3n) is 4.57. The van der Waals surface area contributed by atoms with Gasteiger partial charge in [0.1, 0.15) is 0 Å². The fourth-order valence-electron chi connectivity index (χ4n) is 3.32. The van der Waals surface area contributed by atoms with E-state index in [1.165, 1.54) is 42.7 Å². The number of benzene rings is 2. The molecule has 2 aromatic rings.